The number of ketones is 1. The summed E-state index contributed by atoms with van der Waals surface area (Å²) in [5, 5.41) is 11.6. The standard InChI is InChI=1S/C33H31F2N5O3/c1-5-19(3)31(36)32(41)23-10-9-21(16-20(23)6-2)39-25-8-7-15-40-26(18-38-33(25)40)24-11-12-27(30(35)29(24)34)43-28-17-22(42-4)13-14-37-28/h7-19,36,39H,5-6H2,1-4H3/t19-/m0/s1. The van der Waals surface area contributed by atoms with Crippen LogP contribution in [0.4, 0.5) is 20.2 Å². The molecule has 0 aliphatic carbocycles. The van der Waals surface area contributed by atoms with Crippen molar-refractivity contribution in [3.63, 3.8) is 0 Å². The van der Waals surface area contributed by atoms with Crippen molar-refractivity contribution in [2.24, 2.45) is 5.92 Å². The van der Waals surface area contributed by atoms with Crippen molar-refractivity contribution in [2.45, 2.75) is 33.6 Å². The summed E-state index contributed by atoms with van der Waals surface area (Å²) in [5.74, 6) is -2.40. The number of carbonyl (C=O) groups is 1. The van der Waals surface area contributed by atoms with Crippen molar-refractivity contribution in [3.05, 3.63) is 95.9 Å². The molecular weight excluding hydrogens is 552 g/mol. The van der Waals surface area contributed by atoms with Crippen LogP contribution in [0.5, 0.6) is 17.4 Å². The second-order valence-corrected chi connectivity index (χ2v) is 10.0. The molecule has 8 nitrogen and oxygen atoms in total. The van der Waals surface area contributed by atoms with E-state index in [0.717, 1.165) is 17.7 Å². The Morgan fingerprint density at radius 2 is 1.88 bits per heavy atom. The number of pyridine rings is 2. The number of Topliss-reactive ketones (excluding diaryl/α,β-unsaturated/α-hetero) is 1. The first kappa shape index (κ1) is 29.4. The number of hydrogen-bond acceptors (Lipinski definition) is 7. The second kappa shape index (κ2) is 12.4. The molecule has 0 radical (unpaired) electrons. The first-order valence-electron chi connectivity index (χ1n) is 13.9. The van der Waals surface area contributed by atoms with E-state index in [1.807, 2.05) is 32.9 Å². The van der Waals surface area contributed by atoms with E-state index in [9.17, 15) is 4.79 Å². The number of ether oxygens (including phenoxy) is 2. The minimum Gasteiger partial charge on any atom is -0.497 e. The van der Waals surface area contributed by atoms with Crippen molar-refractivity contribution in [3.8, 4) is 28.6 Å². The zero-order valence-corrected chi connectivity index (χ0v) is 24.2. The number of rotatable bonds is 11. The Labute approximate surface area is 247 Å². The van der Waals surface area contributed by atoms with Gasteiger partial charge in [-0.3, -0.25) is 9.20 Å². The number of methoxy groups -OCH3 is 1. The molecule has 0 amide bonds. The summed E-state index contributed by atoms with van der Waals surface area (Å²) in [6.45, 7) is 5.79. The molecule has 0 saturated heterocycles. The van der Waals surface area contributed by atoms with Crippen LogP contribution in [0.25, 0.3) is 16.9 Å². The van der Waals surface area contributed by atoms with Crippen molar-refractivity contribution >= 4 is 28.5 Å². The average Bonchev–Trinajstić information content (AvgIpc) is 3.47. The maximum absolute atomic E-state index is 15.4. The van der Waals surface area contributed by atoms with Gasteiger partial charge in [0, 0.05) is 41.2 Å². The molecule has 1 atom stereocenters. The number of nitrogens with one attached hydrogen (secondary N) is 2. The Morgan fingerprint density at radius 1 is 1.07 bits per heavy atom. The second-order valence-electron chi connectivity index (χ2n) is 10.0. The first-order chi connectivity index (χ1) is 20.7. The lowest BCUT2D eigenvalue weighted by molar-refractivity contribution is 0.105. The Morgan fingerprint density at radius 3 is 2.63 bits per heavy atom. The maximum atomic E-state index is 15.4. The minimum absolute atomic E-state index is 0.00740. The number of carbonyl (C=O) groups excluding carboxylic acids is 1. The molecule has 220 valence electrons. The Bertz CT molecular complexity index is 1840. The number of aryl methyl sites for hydroxylation is 1. The van der Waals surface area contributed by atoms with Gasteiger partial charge in [0.05, 0.1) is 30.4 Å². The van der Waals surface area contributed by atoms with Crippen molar-refractivity contribution in [1.29, 1.82) is 5.41 Å². The first-order valence-corrected chi connectivity index (χ1v) is 13.9. The van der Waals surface area contributed by atoms with E-state index in [1.165, 1.54) is 37.7 Å². The monoisotopic (exact) mass is 583 g/mol. The smallest absolute Gasteiger partial charge is 0.223 e. The summed E-state index contributed by atoms with van der Waals surface area (Å²) in [6, 6.07) is 14.9. The number of hydrogen-bond donors (Lipinski definition) is 2. The van der Waals surface area contributed by atoms with Gasteiger partial charge in [0.15, 0.2) is 17.2 Å². The zero-order valence-electron chi connectivity index (χ0n) is 24.2. The highest BCUT2D eigenvalue weighted by Crippen LogP contribution is 2.34. The normalized spacial score (nSPS) is 11.8. The molecular formula is C33H31F2N5O3. The third-order valence-corrected chi connectivity index (χ3v) is 7.37. The average molecular weight is 584 g/mol. The highest BCUT2D eigenvalue weighted by molar-refractivity contribution is 6.45. The quantitative estimate of drug-likeness (QED) is 0.121. The predicted molar refractivity (Wildman–Crippen MR) is 162 cm³/mol. The number of fused-ring (bicyclic) bond motifs is 1. The Hall–Kier alpha value is -5.12. The van der Waals surface area contributed by atoms with Crippen molar-refractivity contribution in [1.82, 2.24) is 14.4 Å². The number of halogens is 2. The van der Waals surface area contributed by atoms with Gasteiger partial charge in [0.25, 0.3) is 0 Å². The van der Waals surface area contributed by atoms with Gasteiger partial charge in [-0.2, -0.15) is 4.39 Å². The van der Waals surface area contributed by atoms with Gasteiger partial charge in [-0.15, -0.1) is 0 Å². The van der Waals surface area contributed by atoms with Gasteiger partial charge in [-0.05, 0) is 66.9 Å². The van der Waals surface area contributed by atoms with E-state index in [-0.39, 0.29) is 34.6 Å². The fourth-order valence-electron chi connectivity index (χ4n) is 4.72. The number of imidazole rings is 1. The van der Waals surface area contributed by atoms with Crippen LogP contribution in [0, 0.1) is 23.0 Å². The van der Waals surface area contributed by atoms with E-state index < -0.39 is 11.6 Å². The molecule has 0 spiro atoms. The van der Waals surface area contributed by atoms with Crippen molar-refractivity contribution < 1.29 is 23.0 Å². The summed E-state index contributed by atoms with van der Waals surface area (Å²) in [4.78, 5) is 21.5. The minimum atomic E-state index is -1.16. The number of benzene rings is 2. The summed E-state index contributed by atoms with van der Waals surface area (Å²) in [6.07, 6.45) is 5.96. The fourth-order valence-corrected chi connectivity index (χ4v) is 4.72. The molecule has 0 aliphatic rings. The van der Waals surface area contributed by atoms with E-state index in [0.29, 0.717) is 34.8 Å². The van der Waals surface area contributed by atoms with Crippen LogP contribution >= 0.6 is 0 Å². The lowest BCUT2D eigenvalue weighted by Crippen LogP contribution is -2.21. The SMILES string of the molecule is CCc1cc(Nc2cccn3c(-c4ccc(Oc5cc(OC)ccn5)c(F)c4F)cnc23)ccc1C(=O)C(=N)[C@@H](C)CC. The molecule has 0 unspecified atom stereocenters. The topological polar surface area (TPSA) is 102 Å². The van der Waals surface area contributed by atoms with E-state index in [1.54, 1.807) is 34.9 Å². The van der Waals surface area contributed by atoms with Gasteiger partial charge in [-0.1, -0.05) is 20.8 Å². The fraction of sp³-hybridized carbons (Fsp3) is 0.212. The molecule has 0 bridgehead atoms. The lowest BCUT2D eigenvalue weighted by Gasteiger charge is -2.15. The van der Waals surface area contributed by atoms with Gasteiger partial charge >= 0.3 is 0 Å². The number of nitrogens with zero attached hydrogens (tertiary/aromatic N) is 3. The lowest BCUT2D eigenvalue weighted by atomic mass is 9.92. The third-order valence-electron chi connectivity index (χ3n) is 7.37. The van der Waals surface area contributed by atoms with E-state index in [4.69, 9.17) is 14.9 Å². The highest BCUT2D eigenvalue weighted by Gasteiger charge is 2.22. The predicted octanol–water partition coefficient (Wildman–Crippen LogP) is 8.03. The van der Waals surface area contributed by atoms with Crippen LogP contribution in [0.15, 0.2) is 73.2 Å². The number of aromatic nitrogens is 3. The van der Waals surface area contributed by atoms with Crippen molar-refractivity contribution in [2.75, 3.05) is 12.4 Å². The summed E-state index contributed by atoms with van der Waals surface area (Å²) in [5.41, 5.74) is 3.66. The van der Waals surface area contributed by atoms with Crippen LogP contribution in [0.3, 0.4) is 0 Å². The van der Waals surface area contributed by atoms with E-state index in [2.05, 4.69) is 15.3 Å². The summed E-state index contributed by atoms with van der Waals surface area (Å²) >= 11 is 0. The largest absolute Gasteiger partial charge is 0.497 e. The molecule has 5 rings (SSSR count). The van der Waals surface area contributed by atoms with Crippen LogP contribution in [0.2, 0.25) is 0 Å². The summed E-state index contributed by atoms with van der Waals surface area (Å²) in [7, 11) is 1.48. The molecule has 10 heteroatoms. The van der Waals surface area contributed by atoms with Crippen LogP contribution in [-0.2, 0) is 6.42 Å². The third kappa shape index (κ3) is 5.81. The molecule has 2 aromatic carbocycles. The Kier molecular flexibility index (Phi) is 8.47. The van der Waals surface area contributed by atoms with Gasteiger partial charge in [0.2, 0.25) is 17.5 Å². The molecule has 3 aromatic heterocycles. The van der Waals surface area contributed by atoms with Crippen LogP contribution < -0.4 is 14.8 Å². The van der Waals surface area contributed by atoms with Crippen LogP contribution in [0.1, 0.15) is 43.1 Å². The molecule has 0 saturated carbocycles. The van der Waals surface area contributed by atoms with Gasteiger partial charge < -0.3 is 20.2 Å². The van der Waals surface area contributed by atoms with E-state index >= 15 is 8.78 Å². The molecule has 43 heavy (non-hydrogen) atoms. The Balaban J connectivity index is 1.43. The molecule has 0 aliphatic heterocycles. The van der Waals surface area contributed by atoms with Gasteiger partial charge in [-0.25, -0.2) is 14.4 Å². The molecule has 0 fully saturated rings. The number of anilines is 2. The molecule has 5 aromatic rings. The maximum Gasteiger partial charge on any atom is 0.223 e. The zero-order chi connectivity index (χ0) is 30.7. The molecule has 3 heterocycles. The van der Waals surface area contributed by atoms with Crippen LogP contribution in [-0.4, -0.2) is 33.0 Å². The highest BCUT2D eigenvalue weighted by atomic mass is 19.2. The van der Waals surface area contributed by atoms with Gasteiger partial charge in [0.1, 0.15) is 5.75 Å². The summed E-state index contributed by atoms with van der Waals surface area (Å²) < 4.78 is 42.8. The molecule has 2 N–H and O–H groups in total.